The Balaban J connectivity index is 1.96. The number of hydrogen-bond acceptors (Lipinski definition) is 4. The van der Waals surface area contributed by atoms with Crippen molar-refractivity contribution < 1.29 is 9.90 Å². The highest BCUT2D eigenvalue weighted by Crippen LogP contribution is 2.23. The van der Waals surface area contributed by atoms with Crippen molar-refractivity contribution in [2.75, 3.05) is 33.8 Å². The summed E-state index contributed by atoms with van der Waals surface area (Å²) >= 11 is 0. The zero-order chi connectivity index (χ0) is 16.3. The number of nitrogens with zero attached hydrogens (tertiary/aromatic N) is 4. The number of urea groups is 1. The summed E-state index contributed by atoms with van der Waals surface area (Å²) in [5.74, 6) is 0.346. The van der Waals surface area contributed by atoms with E-state index in [1.54, 1.807) is 9.58 Å². The Labute approximate surface area is 131 Å². The van der Waals surface area contributed by atoms with Crippen LogP contribution >= 0.6 is 0 Å². The van der Waals surface area contributed by atoms with Gasteiger partial charge in [0.15, 0.2) is 0 Å². The summed E-state index contributed by atoms with van der Waals surface area (Å²) in [7, 11) is 5.85. The van der Waals surface area contributed by atoms with Crippen LogP contribution in [-0.4, -0.2) is 70.6 Å². The number of nitrogens with one attached hydrogen (secondary N) is 1. The third kappa shape index (κ3) is 3.59. The lowest BCUT2D eigenvalue weighted by molar-refractivity contribution is 0.142. The Morgan fingerprint density at radius 3 is 2.86 bits per heavy atom. The van der Waals surface area contributed by atoms with Gasteiger partial charge in [0.2, 0.25) is 0 Å². The molecule has 1 aliphatic rings. The molecule has 3 atom stereocenters. The second-order valence-corrected chi connectivity index (χ2v) is 6.32. The van der Waals surface area contributed by atoms with Gasteiger partial charge >= 0.3 is 6.03 Å². The van der Waals surface area contributed by atoms with E-state index in [0.29, 0.717) is 19.0 Å². The molecule has 2 N–H and O–H groups in total. The fourth-order valence-electron chi connectivity index (χ4n) is 3.04. The summed E-state index contributed by atoms with van der Waals surface area (Å²) in [5.41, 5.74) is 1.07. The predicted octanol–water partition coefficient (Wildman–Crippen LogP) is 0.435. The van der Waals surface area contributed by atoms with Crippen LogP contribution in [0.2, 0.25) is 0 Å². The highest BCUT2D eigenvalue weighted by atomic mass is 16.3. The second-order valence-electron chi connectivity index (χ2n) is 6.32. The number of likely N-dealkylation sites (N-methyl/N-ethyl adjacent to an activating group) is 1. The smallest absolute Gasteiger partial charge is 0.317 e. The van der Waals surface area contributed by atoms with E-state index in [1.165, 1.54) is 0 Å². The molecule has 0 aliphatic carbocycles. The molecule has 2 rings (SSSR count). The van der Waals surface area contributed by atoms with Crippen LogP contribution in [0.5, 0.6) is 0 Å². The van der Waals surface area contributed by atoms with Crippen molar-refractivity contribution >= 4 is 6.03 Å². The minimum atomic E-state index is -0.0980. The largest absolute Gasteiger partial charge is 0.394 e. The molecule has 22 heavy (non-hydrogen) atoms. The summed E-state index contributed by atoms with van der Waals surface area (Å²) in [6, 6.07) is -0.0967. The lowest BCUT2D eigenvalue weighted by atomic mass is 10.0. The van der Waals surface area contributed by atoms with Crippen LogP contribution in [0.3, 0.4) is 0 Å². The van der Waals surface area contributed by atoms with Crippen LogP contribution < -0.4 is 5.32 Å². The first kappa shape index (κ1) is 16.8. The average Bonchev–Trinajstić information content (AvgIpc) is 3.04. The van der Waals surface area contributed by atoms with Crippen LogP contribution in [0.4, 0.5) is 4.79 Å². The van der Waals surface area contributed by atoms with Gasteiger partial charge in [0.25, 0.3) is 0 Å². The van der Waals surface area contributed by atoms with Crippen LogP contribution in [0.25, 0.3) is 0 Å². The first-order chi connectivity index (χ1) is 10.4. The number of aryl methyl sites for hydroxylation is 1. The van der Waals surface area contributed by atoms with E-state index < -0.39 is 0 Å². The van der Waals surface area contributed by atoms with Gasteiger partial charge in [-0.05, 0) is 26.4 Å². The van der Waals surface area contributed by atoms with Crippen molar-refractivity contribution in [3.63, 3.8) is 0 Å². The van der Waals surface area contributed by atoms with E-state index in [2.05, 4.69) is 22.2 Å². The van der Waals surface area contributed by atoms with Crippen molar-refractivity contribution in [1.29, 1.82) is 0 Å². The lowest BCUT2D eigenvalue weighted by Crippen LogP contribution is -2.47. The molecule has 1 fully saturated rings. The molecule has 0 radical (unpaired) electrons. The van der Waals surface area contributed by atoms with Gasteiger partial charge in [-0.2, -0.15) is 5.10 Å². The predicted molar refractivity (Wildman–Crippen MR) is 84.4 cm³/mol. The highest BCUT2D eigenvalue weighted by Gasteiger charge is 2.34. The number of aliphatic hydroxyl groups excluding tert-OH is 1. The van der Waals surface area contributed by atoms with Gasteiger partial charge in [-0.3, -0.25) is 4.68 Å². The fourth-order valence-corrected chi connectivity index (χ4v) is 3.04. The molecular weight excluding hydrogens is 282 g/mol. The molecule has 3 unspecified atom stereocenters. The normalized spacial score (nSPS) is 23.1. The number of amides is 2. The molecule has 0 saturated carbocycles. The summed E-state index contributed by atoms with van der Waals surface area (Å²) in [6.45, 7) is 3.32. The number of hydrogen-bond donors (Lipinski definition) is 2. The molecule has 0 bridgehead atoms. The first-order valence-electron chi connectivity index (χ1n) is 7.74. The molecule has 1 aliphatic heterocycles. The fraction of sp³-hybridized carbons (Fsp3) is 0.733. The SMILES string of the molecule is CC1CCN(C(=O)NCC(c2cnn(C)c2)N(C)C)C1CO. The molecule has 7 heteroatoms. The van der Waals surface area contributed by atoms with E-state index in [-0.39, 0.29) is 24.7 Å². The van der Waals surface area contributed by atoms with E-state index in [1.807, 2.05) is 33.5 Å². The van der Waals surface area contributed by atoms with Gasteiger partial charge in [0.1, 0.15) is 0 Å². The molecule has 0 spiro atoms. The number of aromatic nitrogens is 2. The number of carbonyl (C=O) groups is 1. The number of rotatable bonds is 5. The maximum Gasteiger partial charge on any atom is 0.317 e. The van der Waals surface area contributed by atoms with E-state index >= 15 is 0 Å². The van der Waals surface area contributed by atoms with Crippen molar-refractivity contribution in [3.05, 3.63) is 18.0 Å². The van der Waals surface area contributed by atoms with Crippen LogP contribution in [-0.2, 0) is 7.05 Å². The Morgan fingerprint density at radius 1 is 1.59 bits per heavy atom. The molecule has 1 aromatic rings. The Morgan fingerprint density at radius 2 is 2.32 bits per heavy atom. The highest BCUT2D eigenvalue weighted by molar-refractivity contribution is 5.75. The van der Waals surface area contributed by atoms with Crippen LogP contribution in [0.15, 0.2) is 12.4 Å². The van der Waals surface area contributed by atoms with Crippen LogP contribution in [0.1, 0.15) is 24.9 Å². The number of carbonyl (C=O) groups excluding carboxylic acids is 1. The summed E-state index contributed by atoms with van der Waals surface area (Å²) in [6.07, 6.45) is 4.73. The third-order valence-electron chi connectivity index (χ3n) is 4.51. The zero-order valence-electron chi connectivity index (χ0n) is 13.9. The topological polar surface area (TPSA) is 73.6 Å². The quantitative estimate of drug-likeness (QED) is 0.827. The zero-order valence-corrected chi connectivity index (χ0v) is 13.9. The lowest BCUT2D eigenvalue weighted by Gasteiger charge is -2.28. The summed E-state index contributed by atoms with van der Waals surface area (Å²) in [4.78, 5) is 16.2. The van der Waals surface area contributed by atoms with Gasteiger partial charge in [-0.25, -0.2) is 4.79 Å². The van der Waals surface area contributed by atoms with Crippen molar-refractivity contribution in [2.45, 2.75) is 25.4 Å². The monoisotopic (exact) mass is 309 g/mol. The molecule has 124 valence electrons. The Bertz CT molecular complexity index is 502. The maximum atomic E-state index is 12.4. The van der Waals surface area contributed by atoms with Crippen molar-refractivity contribution in [1.82, 2.24) is 24.9 Å². The first-order valence-corrected chi connectivity index (χ1v) is 7.74. The molecule has 0 aromatic carbocycles. The third-order valence-corrected chi connectivity index (χ3v) is 4.51. The summed E-state index contributed by atoms with van der Waals surface area (Å²) < 4.78 is 1.76. The standard InChI is InChI=1S/C15H27N5O2/c1-11-5-6-20(14(11)10-21)15(22)16-8-13(18(2)3)12-7-17-19(4)9-12/h7,9,11,13-14,21H,5-6,8,10H2,1-4H3,(H,16,22). The molecular formula is C15H27N5O2. The number of aliphatic hydroxyl groups is 1. The Hall–Kier alpha value is -1.60. The molecule has 2 amide bonds. The Kier molecular flexibility index (Phi) is 5.42. The van der Waals surface area contributed by atoms with Gasteiger partial charge in [0, 0.05) is 31.9 Å². The van der Waals surface area contributed by atoms with E-state index in [4.69, 9.17) is 0 Å². The maximum absolute atomic E-state index is 12.4. The van der Waals surface area contributed by atoms with Crippen molar-refractivity contribution in [3.8, 4) is 0 Å². The van der Waals surface area contributed by atoms with E-state index in [0.717, 1.165) is 12.0 Å². The number of likely N-dealkylation sites (tertiary alicyclic amines) is 1. The molecule has 1 saturated heterocycles. The summed E-state index contributed by atoms with van der Waals surface area (Å²) in [5, 5.41) is 16.7. The molecule has 2 heterocycles. The van der Waals surface area contributed by atoms with Gasteiger partial charge < -0.3 is 20.2 Å². The van der Waals surface area contributed by atoms with Gasteiger partial charge in [0.05, 0.1) is 24.9 Å². The molecule has 7 nitrogen and oxygen atoms in total. The molecule has 1 aromatic heterocycles. The van der Waals surface area contributed by atoms with Crippen LogP contribution in [0, 0.1) is 5.92 Å². The van der Waals surface area contributed by atoms with Gasteiger partial charge in [-0.1, -0.05) is 6.92 Å². The van der Waals surface area contributed by atoms with Crippen molar-refractivity contribution in [2.24, 2.45) is 13.0 Å². The van der Waals surface area contributed by atoms with Gasteiger partial charge in [-0.15, -0.1) is 0 Å². The second kappa shape index (κ2) is 7.11. The minimum Gasteiger partial charge on any atom is -0.394 e. The average molecular weight is 309 g/mol. The van der Waals surface area contributed by atoms with E-state index in [9.17, 15) is 9.90 Å². The minimum absolute atomic E-state index is 0.0221.